The third-order valence-electron chi connectivity index (χ3n) is 4.13. The van der Waals surface area contributed by atoms with Gasteiger partial charge in [-0.05, 0) is 30.3 Å². The quantitative estimate of drug-likeness (QED) is 0.538. The zero-order chi connectivity index (χ0) is 21.7. The topological polar surface area (TPSA) is 82.5 Å². The van der Waals surface area contributed by atoms with Gasteiger partial charge in [0.15, 0.2) is 6.61 Å². The van der Waals surface area contributed by atoms with Crippen molar-refractivity contribution in [3.63, 3.8) is 0 Å². The van der Waals surface area contributed by atoms with Gasteiger partial charge in [0.25, 0.3) is 5.91 Å². The molecule has 158 valence electrons. The maximum atomic E-state index is 12.3. The lowest BCUT2D eigenvalue weighted by Gasteiger charge is -2.11. The van der Waals surface area contributed by atoms with E-state index in [2.05, 4.69) is 15.0 Å². The Hall–Kier alpha value is -3.20. The Morgan fingerprint density at radius 2 is 2.00 bits per heavy atom. The zero-order valence-electron chi connectivity index (χ0n) is 15.9. The van der Waals surface area contributed by atoms with Crippen molar-refractivity contribution >= 4 is 40.2 Å². The number of fused-ring (bicyclic) bond motifs is 1. The number of ether oxygens (including phenoxy) is 2. The van der Waals surface area contributed by atoms with Crippen molar-refractivity contribution in [1.82, 2.24) is 9.55 Å². The average Bonchev–Trinajstić information content (AvgIpc) is 3.06. The number of nitrogens with zero attached hydrogens (tertiary/aromatic N) is 2. The third-order valence-corrected chi connectivity index (χ3v) is 4.43. The van der Waals surface area contributed by atoms with Gasteiger partial charge >= 0.3 is 12.6 Å². The van der Waals surface area contributed by atoms with Crippen molar-refractivity contribution < 1.29 is 27.8 Å². The van der Waals surface area contributed by atoms with Crippen LogP contribution in [0.1, 0.15) is 12.7 Å². The fourth-order valence-electron chi connectivity index (χ4n) is 2.86. The molecule has 0 saturated carbocycles. The second-order valence-electron chi connectivity index (χ2n) is 6.19. The first-order valence-corrected chi connectivity index (χ1v) is 9.39. The number of esters is 1. The van der Waals surface area contributed by atoms with Crippen LogP contribution in [-0.4, -0.2) is 34.6 Å². The predicted octanol–water partition coefficient (Wildman–Crippen LogP) is 4.04. The minimum Gasteiger partial charge on any atom is -0.454 e. The van der Waals surface area contributed by atoms with E-state index in [1.54, 1.807) is 4.57 Å². The largest absolute Gasteiger partial charge is 0.454 e. The van der Waals surface area contributed by atoms with Gasteiger partial charge in [0.05, 0.1) is 16.1 Å². The number of aryl methyl sites for hydroxylation is 1. The number of nitrogens with one attached hydrogen (secondary N) is 1. The summed E-state index contributed by atoms with van der Waals surface area (Å²) in [4.78, 5) is 28.7. The Bertz CT molecular complexity index is 1070. The summed E-state index contributed by atoms with van der Waals surface area (Å²) in [6.45, 7) is -1.68. The van der Waals surface area contributed by atoms with Gasteiger partial charge in [-0.15, -0.1) is 0 Å². The summed E-state index contributed by atoms with van der Waals surface area (Å²) in [7, 11) is 0. The molecule has 0 atom stereocenters. The molecule has 3 rings (SSSR count). The van der Waals surface area contributed by atoms with E-state index in [0.29, 0.717) is 6.42 Å². The normalized spacial score (nSPS) is 11.0. The number of hydrogen-bond donors (Lipinski definition) is 1. The highest BCUT2D eigenvalue weighted by atomic mass is 35.5. The summed E-state index contributed by atoms with van der Waals surface area (Å²) in [6, 6.07) is 11.2. The number of carbonyl (C=O) groups excluding carboxylic acids is 2. The van der Waals surface area contributed by atoms with Crippen LogP contribution in [0.5, 0.6) is 5.75 Å². The number of carbonyl (C=O) groups is 2. The number of para-hydroxylation sites is 2. The van der Waals surface area contributed by atoms with E-state index in [1.807, 2.05) is 31.2 Å². The maximum absolute atomic E-state index is 12.3. The Morgan fingerprint density at radius 3 is 2.70 bits per heavy atom. The van der Waals surface area contributed by atoms with Gasteiger partial charge in [-0.3, -0.25) is 9.59 Å². The van der Waals surface area contributed by atoms with Crippen LogP contribution in [0.15, 0.2) is 42.5 Å². The molecular formula is C20H18ClF2N3O4. The van der Waals surface area contributed by atoms with E-state index in [-0.39, 0.29) is 23.0 Å². The van der Waals surface area contributed by atoms with Crippen molar-refractivity contribution in [2.45, 2.75) is 26.5 Å². The molecule has 1 N–H and O–H groups in total. The molecule has 0 aliphatic rings. The molecule has 0 bridgehead atoms. The van der Waals surface area contributed by atoms with Crippen molar-refractivity contribution in [3.8, 4) is 5.75 Å². The molecule has 1 amide bonds. The van der Waals surface area contributed by atoms with Gasteiger partial charge in [0.1, 0.15) is 18.1 Å². The fourth-order valence-corrected chi connectivity index (χ4v) is 3.08. The van der Waals surface area contributed by atoms with Crippen molar-refractivity contribution in [1.29, 1.82) is 0 Å². The molecule has 0 fully saturated rings. The number of aromatic nitrogens is 2. The number of amides is 1. The van der Waals surface area contributed by atoms with Crippen LogP contribution in [-0.2, 0) is 27.3 Å². The second kappa shape index (κ2) is 9.53. The smallest absolute Gasteiger partial charge is 0.387 e. The van der Waals surface area contributed by atoms with Crippen LogP contribution in [0.3, 0.4) is 0 Å². The number of rotatable bonds is 8. The third kappa shape index (κ3) is 5.24. The molecule has 0 aliphatic heterocycles. The molecule has 7 nitrogen and oxygen atoms in total. The summed E-state index contributed by atoms with van der Waals surface area (Å²) < 4.78 is 35.5. The van der Waals surface area contributed by atoms with Gasteiger partial charge in [-0.2, -0.15) is 8.78 Å². The summed E-state index contributed by atoms with van der Waals surface area (Å²) in [5.41, 5.74) is 1.82. The fraction of sp³-hybridized carbons (Fsp3) is 0.250. The van der Waals surface area contributed by atoms with Crippen LogP contribution < -0.4 is 10.1 Å². The summed E-state index contributed by atoms with van der Waals surface area (Å²) in [6.07, 6.45) is 0.633. The number of benzene rings is 2. The van der Waals surface area contributed by atoms with E-state index in [1.165, 1.54) is 18.2 Å². The SMILES string of the molecule is CCc1nc2ccccc2n1CC(=O)OCC(=O)Nc1ccc(OC(F)F)c(Cl)c1. The van der Waals surface area contributed by atoms with Gasteiger partial charge in [0, 0.05) is 12.1 Å². The molecule has 30 heavy (non-hydrogen) atoms. The number of halogens is 3. The average molecular weight is 438 g/mol. The number of anilines is 1. The zero-order valence-corrected chi connectivity index (χ0v) is 16.7. The lowest BCUT2D eigenvalue weighted by molar-refractivity contribution is -0.147. The Labute approximate surface area is 175 Å². The summed E-state index contributed by atoms with van der Waals surface area (Å²) in [5.74, 6) is -0.677. The van der Waals surface area contributed by atoms with Gasteiger partial charge in [-0.25, -0.2) is 4.98 Å². The van der Waals surface area contributed by atoms with Crippen LogP contribution in [0, 0.1) is 0 Å². The molecule has 3 aromatic rings. The Morgan fingerprint density at radius 1 is 1.23 bits per heavy atom. The van der Waals surface area contributed by atoms with E-state index in [9.17, 15) is 18.4 Å². The number of alkyl halides is 2. The molecule has 0 saturated heterocycles. The molecular weight excluding hydrogens is 420 g/mol. The second-order valence-corrected chi connectivity index (χ2v) is 6.60. The van der Waals surface area contributed by atoms with E-state index in [0.717, 1.165) is 16.9 Å². The molecule has 0 unspecified atom stereocenters. The molecule has 0 aliphatic carbocycles. The number of imidazole rings is 1. The van der Waals surface area contributed by atoms with E-state index in [4.69, 9.17) is 16.3 Å². The standard InChI is InChI=1S/C20H18ClF2N3O4/c1-2-17-25-14-5-3-4-6-15(14)26(17)10-19(28)29-11-18(27)24-12-7-8-16(13(21)9-12)30-20(22)23/h3-9,20H,2,10-11H2,1H3,(H,24,27). The van der Waals surface area contributed by atoms with Gasteiger partial charge < -0.3 is 19.4 Å². The van der Waals surface area contributed by atoms with E-state index < -0.39 is 25.1 Å². The molecule has 0 spiro atoms. The highest BCUT2D eigenvalue weighted by molar-refractivity contribution is 6.32. The van der Waals surface area contributed by atoms with E-state index >= 15 is 0 Å². The molecule has 2 aromatic carbocycles. The Kier molecular flexibility index (Phi) is 6.83. The summed E-state index contributed by atoms with van der Waals surface area (Å²) in [5, 5.41) is 2.37. The maximum Gasteiger partial charge on any atom is 0.387 e. The van der Waals surface area contributed by atoms with Crippen molar-refractivity contribution in [3.05, 3.63) is 53.3 Å². The van der Waals surface area contributed by atoms with Gasteiger partial charge in [-0.1, -0.05) is 30.7 Å². The monoisotopic (exact) mass is 437 g/mol. The van der Waals surface area contributed by atoms with Crippen LogP contribution in [0.2, 0.25) is 5.02 Å². The minimum atomic E-state index is -3.01. The minimum absolute atomic E-state index is 0.0809. The predicted molar refractivity (Wildman–Crippen MR) is 107 cm³/mol. The van der Waals surface area contributed by atoms with Gasteiger partial charge in [0.2, 0.25) is 0 Å². The lowest BCUT2D eigenvalue weighted by Crippen LogP contribution is -2.23. The van der Waals surface area contributed by atoms with Crippen LogP contribution in [0.4, 0.5) is 14.5 Å². The summed E-state index contributed by atoms with van der Waals surface area (Å²) >= 11 is 5.84. The molecule has 0 radical (unpaired) electrons. The first-order valence-electron chi connectivity index (χ1n) is 9.01. The highest BCUT2D eigenvalue weighted by Gasteiger charge is 2.15. The van der Waals surface area contributed by atoms with Crippen molar-refractivity contribution in [2.24, 2.45) is 0 Å². The Balaban J connectivity index is 1.56. The molecule has 1 aromatic heterocycles. The first-order chi connectivity index (χ1) is 14.4. The lowest BCUT2D eigenvalue weighted by atomic mass is 10.3. The molecule has 10 heteroatoms. The first kappa shape index (κ1) is 21.5. The molecule has 1 heterocycles. The van der Waals surface area contributed by atoms with Crippen LogP contribution in [0.25, 0.3) is 11.0 Å². The highest BCUT2D eigenvalue weighted by Crippen LogP contribution is 2.28. The van der Waals surface area contributed by atoms with Crippen LogP contribution >= 0.6 is 11.6 Å². The van der Waals surface area contributed by atoms with Crippen molar-refractivity contribution in [2.75, 3.05) is 11.9 Å². The number of hydrogen-bond acceptors (Lipinski definition) is 5.